The monoisotopic (exact) mass is 433 g/mol. The molecule has 5 rings (SSSR count). The first-order valence-corrected chi connectivity index (χ1v) is 10.6. The van der Waals surface area contributed by atoms with Gasteiger partial charge in [0.05, 0.1) is 30.7 Å². The van der Waals surface area contributed by atoms with Crippen molar-refractivity contribution in [2.24, 2.45) is 14.1 Å². The fourth-order valence-electron chi connectivity index (χ4n) is 3.96. The minimum Gasteiger partial charge on any atom is -0.467 e. The summed E-state index contributed by atoms with van der Waals surface area (Å²) in [6, 6.07) is 13.5. The maximum absolute atomic E-state index is 13.6. The molecule has 1 fully saturated rings. The highest BCUT2D eigenvalue weighted by Gasteiger charge is 2.28. The molecule has 0 unspecified atom stereocenters. The average molecular weight is 433 g/mol. The van der Waals surface area contributed by atoms with Crippen molar-refractivity contribution in [3.05, 3.63) is 83.5 Å². The summed E-state index contributed by atoms with van der Waals surface area (Å²) in [5, 5.41) is 9.11. The molecule has 1 amide bonds. The number of nitrogens with zero attached hydrogens (tertiary/aromatic N) is 5. The van der Waals surface area contributed by atoms with Gasteiger partial charge in [0.25, 0.3) is 5.91 Å². The van der Waals surface area contributed by atoms with E-state index >= 15 is 0 Å². The third kappa shape index (κ3) is 4.08. The van der Waals surface area contributed by atoms with Gasteiger partial charge in [0.2, 0.25) is 0 Å². The van der Waals surface area contributed by atoms with Crippen LogP contribution >= 0.6 is 0 Å². The van der Waals surface area contributed by atoms with Crippen LogP contribution < -0.4 is 0 Å². The summed E-state index contributed by atoms with van der Waals surface area (Å²) in [6.45, 7) is 0.676. The van der Waals surface area contributed by atoms with Gasteiger partial charge in [-0.1, -0.05) is 0 Å². The second-order valence-corrected chi connectivity index (χ2v) is 8.24. The number of hydrogen-bond donors (Lipinski definition) is 0. The molecule has 1 aromatic carbocycles. The largest absolute Gasteiger partial charge is 0.467 e. The first kappa shape index (κ1) is 20.2. The van der Waals surface area contributed by atoms with Crippen LogP contribution in [0.25, 0.3) is 11.3 Å². The summed E-state index contributed by atoms with van der Waals surface area (Å²) in [4.78, 5) is 15.3. The topological polar surface area (TPSA) is 69.1 Å². The molecule has 0 spiro atoms. The molecule has 0 N–H and O–H groups in total. The molecule has 32 heavy (non-hydrogen) atoms. The maximum Gasteiger partial charge on any atom is 0.272 e. The Kier molecular flexibility index (Phi) is 5.13. The molecule has 1 saturated carbocycles. The lowest BCUT2D eigenvalue weighted by Crippen LogP contribution is -2.31. The number of aromatic nitrogens is 4. The maximum atomic E-state index is 13.6. The molecule has 0 saturated heterocycles. The molecule has 8 heteroatoms. The SMILES string of the molecule is Cn1nc(-c2ccc(F)cc2)cc1C(=O)N(Cc1cc(C2CC2)n(C)n1)Cc1ccco1. The van der Waals surface area contributed by atoms with Gasteiger partial charge in [-0.3, -0.25) is 14.2 Å². The van der Waals surface area contributed by atoms with Crippen LogP contribution in [0.5, 0.6) is 0 Å². The summed E-state index contributed by atoms with van der Waals surface area (Å²) < 4.78 is 22.3. The van der Waals surface area contributed by atoms with Gasteiger partial charge in [0.15, 0.2) is 0 Å². The van der Waals surface area contributed by atoms with Crippen molar-refractivity contribution < 1.29 is 13.6 Å². The number of amides is 1. The third-order valence-electron chi connectivity index (χ3n) is 5.77. The van der Waals surface area contributed by atoms with E-state index in [9.17, 15) is 9.18 Å². The zero-order chi connectivity index (χ0) is 22.2. The molecule has 0 bridgehead atoms. The normalized spacial score (nSPS) is 13.5. The molecule has 3 heterocycles. The lowest BCUT2D eigenvalue weighted by Gasteiger charge is -2.20. The second-order valence-electron chi connectivity index (χ2n) is 8.24. The van der Waals surface area contributed by atoms with E-state index in [-0.39, 0.29) is 11.7 Å². The Labute approximate surface area is 185 Å². The van der Waals surface area contributed by atoms with E-state index in [4.69, 9.17) is 4.42 Å². The van der Waals surface area contributed by atoms with Crippen molar-refractivity contribution in [3.63, 3.8) is 0 Å². The van der Waals surface area contributed by atoms with Crippen LogP contribution in [0.4, 0.5) is 4.39 Å². The molecular formula is C24H24FN5O2. The van der Waals surface area contributed by atoms with Crippen LogP contribution in [0, 0.1) is 5.82 Å². The molecule has 4 aromatic rings. The Hall–Kier alpha value is -3.68. The van der Waals surface area contributed by atoms with Crippen LogP contribution in [0.2, 0.25) is 0 Å². The van der Waals surface area contributed by atoms with Crippen molar-refractivity contribution in [2.45, 2.75) is 31.8 Å². The molecule has 164 valence electrons. The Morgan fingerprint density at radius 2 is 1.88 bits per heavy atom. The summed E-state index contributed by atoms with van der Waals surface area (Å²) in [5.74, 6) is 0.776. The number of carbonyl (C=O) groups excluding carboxylic acids is 1. The average Bonchev–Trinajstić information content (AvgIpc) is 3.15. The van der Waals surface area contributed by atoms with Crippen LogP contribution in [-0.4, -0.2) is 30.4 Å². The van der Waals surface area contributed by atoms with Gasteiger partial charge < -0.3 is 9.32 Å². The van der Waals surface area contributed by atoms with E-state index in [2.05, 4.69) is 16.3 Å². The first-order chi connectivity index (χ1) is 15.5. The van der Waals surface area contributed by atoms with Crippen LogP contribution in [0.3, 0.4) is 0 Å². The summed E-state index contributed by atoms with van der Waals surface area (Å²) in [5.41, 5.74) is 3.86. The van der Waals surface area contributed by atoms with Gasteiger partial charge in [-0.15, -0.1) is 0 Å². The van der Waals surface area contributed by atoms with E-state index in [1.54, 1.807) is 47.2 Å². The van der Waals surface area contributed by atoms with E-state index in [1.165, 1.54) is 30.7 Å². The van der Waals surface area contributed by atoms with Crippen molar-refractivity contribution in [3.8, 4) is 11.3 Å². The van der Waals surface area contributed by atoms with Crippen LogP contribution in [-0.2, 0) is 27.2 Å². The molecular weight excluding hydrogens is 409 g/mol. The van der Waals surface area contributed by atoms with Gasteiger partial charge in [-0.05, 0) is 61.4 Å². The molecule has 0 aliphatic heterocycles. The highest BCUT2D eigenvalue weighted by Crippen LogP contribution is 2.40. The van der Waals surface area contributed by atoms with Crippen molar-refractivity contribution >= 4 is 5.91 Å². The lowest BCUT2D eigenvalue weighted by molar-refractivity contribution is 0.0704. The highest BCUT2D eigenvalue weighted by atomic mass is 19.1. The quantitative estimate of drug-likeness (QED) is 0.436. The summed E-state index contributed by atoms with van der Waals surface area (Å²) in [6.07, 6.45) is 3.98. The number of benzene rings is 1. The highest BCUT2D eigenvalue weighted by molar-refractivity contribution is 5.93. The summed E-state index contributed by atoms with van der Waals surface area (Å²) >= 11 is 0. The number of rotatable bonds is 7. The van der Waals surface area contributed by atoms with Gasteiger partial charge >= 0.3 is 0 Å². The van der Waals surface area contributed by atoms with E-state index in [0.29, 0.717) is 36.2 Å². The fraction of sp³-hybridized carbons (Fsp3) is 0.292. The van der Waals surface area contributed by atoms with Crippen molar-refractivity contribution in [2.75, 3.05) is 0 Å². The van der Waals surface area contributed by atoms with Gasteiger partial charge in [0, 0.05) is 31.3 Å². The van der Waals surface area contributed by atoms with E-state index < -0.39 is 0 Å². The summed E-state index contributed by atoms with van der Waals surface area (Å²) in [7, 11) is 3.68. The standard InChI is InChI=1S/C24H24FN5O2/c1-28-22(17-5-6-17)12-19(26-28)14-30(15-20-4-3-11-32-20)24(31)23-13-21(27-29(23)2)16-7-9-18(25)10-8-16/h3-4,7-13,17H,5-6,14-15H2,1-2H3. The fourth-order valence-corrected chi connectivity index (χ4v) is 3.96. The lowest BCUT2D eigenvalue weighted by atomic mass is 10.1. The molecule has 7 nitrogen and oxygen atoms in total. The first-order valence-electron chi connectivity index (χ1n) is 10.6. The van der Waals surface area contributed by atoms with E-state index in [0.717, 1.165) is 11.3 Å². The molecule has 0 atom stereocenters. The Balaban J connectivity index is 1.43. The molecule has 0 radical (unpaired) electrons. The number of aryl methyl sites for hydroxylation is 2. The van der Waals surface area contributed by atoms with Crippen molar-refractivity contribution in [1.29, 1.82) is 0 Å². The molecule has 1 aliphatic rings. The van der Waals surface area contributed by atoms with Gasteiger partial charge in [-0.2, -0.15) is 10.2 Å². The molecule has 1 aliphatic carbocycles. The zero-order valence-electron chi connectivity index (χ0n) is 18.0. The number of halogens is 1. The predicted molar refractivity (Wildman–Crippen MR) is 116 cm³/mol. The Morgan fingerprint density at radius 3 is 2.56 bits per heavy atom. The van der Waals surface area contributed by atoms with Crippen molar-refractivity contribution in [1.82, 2.24) is 24.5 Å². The Morgan fingerprint density at radius 1 is 1.09 bits per heavy atom. The van der Waals surface area contributed by atoms with Gasteiger partial charge in [-0.25, -0.2) is 4.39 Å². The Bertz CT molecular complexity index is 1240. The number of furan rings is 1. The second kappa shape index (κ2) is 8.11. The zero-order valence-corrected chi connectivity index (χ0v) is 18.0. The smallest absolute Gasteiger partial charge is 0.272 e. The molecule has 3 aromatic heterocycles. The third-order valence-corrected chi connectivity index (χ3v) is 5.77. The van der Waals surface area contributed by atoms with E-state index in [1.807, 2.05) is 17.8 Å². The number of hydrogen-bond acceptors (Lipinski definition) is 4. The van der Waals surface area contributed by atoms with Gasteiger partial charge in [0.1, 0.15) is 17.3 Å². The minimum atomic E-state index is -0.313. The number of carbonyl (C=O) groups is 1. The van der Waals surface area contributed by atoms with Crippen LogP contribution in [0.1, 0.15) is 46.4 Å². The minimum absolute atomic E-state index is 0.177. The predicted octanol–water partition coefficient (Wildman–Crippen LogP) is 4.27. The van der Waals surface area contributed by atoms with Crippen LogP contribution in [0.15, 0.2) is 59.2 Å².